The zero-order valence-corrected chi connectivity index (χ0v) is 6.17. The number of nitrogens with two attached hydrogens (primary N) is 1. The van der Waals surface area contributed by atoms with Gasteiger partial charge in [0.2, 0.25) is 0 Å². The fraction of sp³-hybridized carbons (Fsp3) is 0.222. The van der Waals surface area contributed by atoms with E-state index in [1.54, 1.807) is 0 Å². The van der Waals surface area contributed by atoms with Crippen LogP contribution in [0.1, 0.15) is 24.1 Å². The zero-order chi connectivity index (χ0) is 7.56. The van der Waals surface area contributed by atoms with E-state index in [9.17, 15) is 0 Å². The number of hydrogen-bond acceptors (Lipinski definition) is 1. The lowest BCUT2D eigenvalue weighted by atomic mass is 10.1. The first kappa shape index (κ1) is 7.29. The molecule has 1 aromatic rings. The predicted octanol–water partition coefficient (Wildman–Crippen LogP) is 1.89. The summed E-state index contributed by atoms with van der Waals surface area (Å²) >= 11 is 0. The molecular weight excluding hydrogens is 122 g/mol. The van der Waals surface area contributed by atoms with E-state index in [4.69, 9.17) is 5.73 Å². The summed E-state index contributed by atoms with van der Waals surface area (Å²) in [4.78, 5) is 0. The maximum Gasteiger partial charge on any atom is 0.0266 e. The van der Waals surface area contributed by atoms with Gasteiger partial charge in [-0.25, -0.2) is 0 Å². The highest BCUT2D eigenvalue weighted by molar-refractivity contribution is 5.25. The van der Waals surface area contributed by atoms with E-state index in [0.29, 0.717) is 0 Å². The Balaban J connectivity index is 2.89. The first-order valence-electron chi connectivity index (χ1n) is 3.37. The molecule has 0 aliphatic carbocycles. The summed E-state index contributed by atoms with van der Waals surface area (Å²) < 4.78 is 0. The molecule has 0 bridgehead atoms. The fourth-order valence-electron chi connectivity index (χ4n) is 0.821. The van der Waals surface area contributed by atoms with Gasteiger partial charge < -0.3 is 5.73 Å². The molecular formula is C9H12N. The lowest BCUT2D eigenvalue weighted by molar-refractivity contribution is 0.818. The maximum atomic E-state index is 5.64. The summed E-state index contributed by atoms with van der Waals surface area (Å²) in [6, 6.07) is 8.08. The van der Waals surface area contributed by atoms with Crippen molar-refractivity contribution < 1.29 is 0 Å². The molecule has 1 aromatic carbocycles. The van der Waals surface area contributed by atoms with Gasteiger partial charge in [0, 0.05) is 6.04 Å². The number of benzene rings is 1. The molecule has 0 amide bonds. The van der Waals surface area contributed by atoms with Gasteiger partial charge in [-0.15, -0.1) is 0 Å². The van der Waals surface area contributed by atoms with Crippen LogP contribution in [0.3, 0.4) is 0 Å². The third kappa shape index (κ3) is 1.58. The summed E-state index contributed by atoms with van der Waals surface area (Å²) in [5, 5.41) is 0. The number of hydrogen-bond donors (Lipinski definition) is 1. The molecule has 0 aliphatic heterocycles. The minimum Gasteiger partial charge on any atom is -0.324 e. The summed E-state index contributed by atoms with van der Waals surface area (Å²) in [7, 11) is 0. The van der Waals surface area contributed by atoms with Gasteiger partial charge in [0.25, 0.3) is 0 Å². The van der Waals surface area contributed by atoms with Crippen LogP contribution in [-0.2, 0) is 0 Å². The molecule has 53 valence electrons. The van der Waals surface area contributed by atoms with Gasteiger partial charge in [0.15, 0.2) is 0 Å². The van der Waals surface area contributed by atoms with Crippen molar-refractivity contribution >= 4 is 0 Å². The molecule has 10 heavy (non-hydrogen) atoms. The van der Waals surface area contributed by atoms with Crippen LogP contribution >= 0.6 is 0 Å². The normalized spacial score (nSPS) is 13.1. The SMILES string of the molecule is [CH2]c1ccc([C@H](C)N)cc1. The smallest absolute Gasteiger partial charge is 0.0266 e. The van der Waals surface area contributed by atoms with E-state index in [1.165, 1.54) is 0 Å². The minimum atomic E-state index is 0.126. The largest absolute Gasteiger partial charge is 0.324 e. The Morgan fingerprint density at radius 3 is 2.20 bits per heavy atom. The van der Waals surface area contributed by atoms with Crippen LogP contribution in [-0.4, -0.2) is 0 Å². The quantitative estimate of drug-likeness (QED) is 0.623. The lowest BCUT2D eigenvalue weighted by Crippen LogP contribution is -2.04. The molecule has 0 aliphatic rings. The first-order chi connectivity index (χ1) is 4.70. The van der Waals surface area contributed by atoms with Gasteiger partial charge in [-0.3, -0.25) is 0 Å². The molecule has 0 unspecified atom stereocenters. The van der Waals surface area contributed by atoms with Crippen LogP contribution in [0.2, 0.25) is 0 Å². The highest BCUT2D eigenvalue weighted by Crippen LogP contribution is 2.09. The van der Waals surface area contributed by atoms with Crippen molar-refractivity contribution in [2.45, 2.75) is 13.0 Å². The molecule has 1 heteroatoms. The van der Waals surface area contributed by atoms with Crippen molar-refractivity contribution in [3.05, 3.63) is 42.3 Å². The maximum absolute atomic E-state index is 5.64. The van der Waals surface area contributed by atoms with Crippen molar-refractivity contribution in [2.75, 3.05) is 0 Å². The zero-order valence-electron chi connectivity index (χ0n) is 6.17. The standard InChI is InChI=1S/C9H12N/c1-7-3-5-9(6-4-7)8(2)10/h3-6,8H,1,10H2,2H3/t8-/m0/s1. The Hall–Kier alpha value is -0.820. The summed E-state index contributed by atoms with van der Waals surface area (Å²) in [5.74, 6) is 0. The van der Waals surface area contributed by atoms with E-state index in [2.05, 4.69) is 6.92 Å². The van der Waals surface area contributed by atoms with Gasteiger partial charge in [0.05, 0.1) is 0 Å². The van der Waals surface area contributed by atoms with Crippen molar-refractivity contribution in [2.24, 2.45) is 5.73 Å². The van der Waals surface area contributed by atoms with E-state index in [-0.39, 0.29) is 6.04 Å². The number of rotatable bonds is 1. The Kier molecular flexibility index (Phi) is 2.07. The molecule has 1 rings (SSSR count). The molecule has 2 N–H and O–H groups in total. The predicted molar refractivity (Wildman–Crippen MR) is 43.5 cm³/mol. The molecule has 1 nitrogen and oxygen atoms in total. The Labute approximate surface area is 61.9 Å². The Morgan fingerprint density at radius 1 is 1.30 bits per heavy atom. The second-order valence-electron chi connectivity index (χ2n) is 2.53. The van der Waals surface area contributed by atoms with Crippen LogP contribution in [0, 0.1) is 6.92 Å². The highest BCUT2D eigenvalue weighted by Gasteiger charge is 1.95. The second kappa shape index (κ2) is 2.84. The first-order valence-corrected chi connectivity index (χ1v) is 3.37. The van der Waals surface area contributed by atoms with Gasteiger partial charge >= 0.3 is 0 Å². The molecule has 0 spiro atoms. The van der Waals surface area contributed by atoms with Gasteiger partial charge in [0.1, 0.15) is 0 Å². The van der Waals surface area contributed by atoms with Crippen LogP contribution < -0.4 is 5.73 Å². The van der Waals surface area contributed by atoms with Crippen molar-refractivity contribution in [3.8, 4) is 0 Å². The topological polar surface area (TPSA) is 26.0 Å². The summed E-state index contributed by atoms with van der Waals surface area (Å²) in [6.45, 7) is 5.75. The summed E-state index contributed by atoms with van der Waals surface area (Å²) in [6.07, 6.45) is 0. The third-order valence-electron chi connectivity index (χ3n) is 1.51. The second-order valence-corrected chi connectivity index (χ2v) is 2.53. The van der Waals surface area contributed by atoms with E-state index >= 15 is 0 Å². The van der Waals surface area contributed by atoms with Crippen LogP contribution in [0.15, 0.2) is 24.3 Å². The molecule has 0 saturated heterocycles. The third-order valence-corrected chi connectivity index (χ3v) is 1.51. The minimum absolute atomic E-state index is 0.126. The van der Waals surface area contributed by atoms with Crippen LogP contribution in [0.25, 0.3) is 0 Å². The molecule has 0 saturated carbocycles. The molecule has 1 atom stereocenters. The molecule has 0 aromatic heterocycles. The fourth-order valence-corrected chi connectivity index (χ4v) is 0.821. The highest BCUT2D eigenvalue weighted by atomic mass is 14.6. The summed E-state index contributed by atoms with van der Waals surface area (Å²) in [5.41, 5.74) is 7.83. The average Bonchev–Trinajstić information content (AvgIpc) is 1.88. The van der Waals surface area contributed by atoms with E-state index < -0.39 is 0 Å². The lowest BCUT2D eigenvalue weighted by Gasteiger charge is -2.03. The Bertz CT molecular complexity index is 198. The Morgan fingerprint density at radius 2 is 1.80 bits per heavy atom. The molecule has 1 radical (unpaired) electrons. The van der Waals surface area contributed by atoms with Crippen LogP contribution in [0.4, 0.5) is 0 Å². The molecule has 0 heterocycles. The van der Waals surface area contributed by atoms with Crippen molar-refractivity contribution in [3.63, 3.8) is 0 Å². The van der Waals surface area contributed by atoms with E-state index in [1.807, 2.05) is 31.2 Å². The van der Waals surface area contributed by atoms with Gasteiger partial charge in [-0.2, -0.15) is 0 Å². The van der Waals surface area contributed by atoms with Crippen LogP contribution in [0.5, 0.6) is 0 Å². The van der Waals surface area contributed by atoms with Crippen molar-refractivity contribution in [1.29, 1.82) is 0 Å². The van der Waals surface area contributed by atoms with Crippen molar-refractivity contribution in [1.82, 2.24) is 0 Å². The van der Waals surface area contributed by atoms with E-state index in [0.717, 1.165) is 11.1 Å². The van der Waals surface area contributed by atoms with Gasteiger partial charge in [-0.1, -0.05) is 24.3 Å². The average molecular weight is 134 g/mol. The van der Waals surface area contributed by atoms with Gasteiger partial charge in [-0.05, 0) is 25.0 Å². The monoisotopic (exact) mass is 134 g/mol. The molecule has 0 fully saturated rings.